The average Bonchev–Trinajstić information content (AvgIpc) is 2.41. The Bertz CT molecular complexity index is 577. The first kappa shape index (κ1) is 14.0. The predicted octanol–water partition coefficient (Wildman–Crippen LogP) is 3.23. The molecule has 0 aliphatic carbocycles. The maximum Gasteiger partial charge on any atom is 0.217 e. The Morgan fingerprint density at radius 3 is 2.89 bits per heavy atom. The van der Waals surface area contributed by atoms with E-state index in [4.69, 9.17) is 10.5 Å². The van der Waals surface area contributed by atoms with E-state index in [1.807, 2.05) is 12.1 Å². The zero-order valence-electron chi connectivity index (χ0n) is 10.4. The molecule has 0 bridgehead atoms. The van der Waals surface area contributed by atoms with Gasteiger partial charge in [0.1, 0.15) is 5.82 Å². The summed E-state index contributed by atoms with van der Waals surface area (Å²) in [5.74, 6) is 0.247. The van der Waals surface area contributed by atoms with Crippen LogP contribution >= 0.6 is 15.9 Å². The summed E-state index contributed by atoms with van der Waals surface area (Å²) in [7, 11) is 1.56. The second kappa shape index (κ2) is 6.12. The van der Waals surface area contributed by atoms with Crippen molar-refractivity contribution in [2.24, 2.45) is 5.73 Å². The van der Waals surface area contributed by atoms with Crippen LogP contribution in [0.2, 0.25) is 0 Å². The van der Waals surface area contributed by atoms with Gasteiger partial charge in [-0.25, -0.2) is 9.37 Å². The normalized spacial score (nSPS) is 12.2. The lowest BCUT2D eigenvalue weighted by Crippen LogP contribution is -2.15. The van der Waals surface area contributed by atoms with Crippen molar-refractivity contribution in [3.8, 4) is 5.88 Å². The first-order chi connectivity index (χ1) is 9.11. The Morgan fingerprint density at radius 2 is 2.21 bits per heavy atom. The van der Waals surface area contributed by atoms with Crippen LogP contribution in [-0.2, 0) is 6.42 Å². The molecule has 0 saturated heterocycles. The standard InChI is InChI=1S/C14H14BrFN2O/c1-19-14-11(3-2-6-18-14)13(17)7-9-4-5-10(16)8-12(9)15/h2-6,8,13H,7,17H2,1H3. The number of hydrogen-bond acceptors (Lipinski definition) is 3. The highest BCUT2D eigenvalue weighted by molar-refractivity contribution is 9.10. The summed E-state index contributed by atoms with van der Waals surface area (Å²) in [5.41, 5.74) is 7.95. The number of halogens is 2. The predicted molar refractivity (Wildman–Crippen MR) is 75.5 cm³/mol. The minimum absolute atomic E-state index is 0.259. The van der Waals surface area contributed by atoms with Crippen molar-refractivity contribution in [2.45, 2.75) is 12.5 Å². The molecular formula is C14H14BrFN2O. The maximum atomic E-state index is 13.0. The molecule has 19 heavy (non-hydrogen) atoms. The topological polar surface area (TPSA) is 48.1 Å². The zero-order chi connectivity index (χ0) is 13.8. The van der Waals surface area contributed by atoms with Gasteiger partial charge in [-0.1, -0.05) is 28.1 Å². The fourth-order valence-corrected chi connectivity index (χ4v) is 2.40. The van der Waals surface area contributed by atoms with Crippen LogP contribution in [0.5, 0.6) is 5.88 Å². The van der Waals surface area contributed by atoms with Gasteiger partial charge in [0, 0.05) is 22.3 Å². The molecule has 1 heterocycles. The van der Waals surface area contributed by atoms with E-state index in [-0.39, 0.29) is 11.9 Å². The van der Waals surface area contributed by atoms with E-state index in [9.17, 15) is 4.39 Å². The highest BCUT2D eigenvalue weighted by atomic mass is 79.9. The van der Waals surface area contributed by atoms with Crippen molar-refractivity contribution in [3.05, 3.63) is 57.9 Å². The van der Waals surface area contributed by atoms with Gasteiger partial charge in [0.15, 0.2) is 0 Å². The van der Waals surface area contributed by atoms with E-state index >= 15 is 0 Å². The van der Waals surface area contributed by atoms with Gasteiger partial charge in [-0.15, -0.1) is 0 Å². The van der Waals surface area contributed by atoms with Crippen molar-refractivity contribution in [1.82, 2.24) is 4.98 Å². The number of pyridine rings is 1. The maximum absolute atomic E-state index is 13.0. The van der Waals surface area contributed by atoms with Crippen molar-refractivity contribution in [2.75, 3.05) is 7.11 Å². The molecule has 0 spiro atoms. The monoisotopic (exact) mass is 324 g/mol. The summed E-state index contributed by atoms with van der Waals surface area (Å²) in [6.07, 6.45) is 2.23. The van der Waals surface area contributed by atoms with Crippen LogP contribution in [0.1, 0.15) is 17.2 Å². The van der Waals surface area contributed by atoms with Crippen LogP contribution in [0.3, 0.4) is 0 Å². The Morgan fingerprint density at radius 1 is 1.42 bits per heavy atom. The number of aromatic nitrogens is 1. The van der Waals surface area contributed by atoms with Crippen LogP contribution in [0.15, 0.2) is 41.0 Å². The van der Waals surface area contributed by atoms with E-state index in [1.54, 1.807) is 19.4 Å². The highest BCUT2D eigenvalue weighted by Crippen LogP contribution is 2.27. The summed E-state index contributed by atoms with van der Waals surface area (Å²) < 4.78 is 18.9. The Hall–Kier alpha value is -1.46. The Labute approximate surface area is 119 Å². The molecule has 2 aromatic rings. The molecule has 1 aromatic carbocycles. The molecule has 2 rings (SSSR count). The number of nitrogens with zero attached hydrogens (tertiary/aromatic N) is 1. The van der Waals surface area contributed by atoms with Gasteiger partial charge in [-0.3, -0.25) is 0 Å². The second-order valence-electron chi connectivity index (χ2n) is 4.15. The largest absolute Gasteiger partial charge is 0.481 e. The van der Waals surface area contributed by atoms with Gasteiger partial charge in [0.2, 0.25) is 5.88 Å². The van der Waals surface area contributed by atoms with Gasteiger partial charge in [-0.05, 0) is 30.2 Å². The molecule has 0 saturated carbocycles. The first-order valence-corrected chi connectivity index (χ1v) is 6.59. The van der Waals surface area contributed by atoms with Gasteiger partial charge in [0.25, 0.3) is 0 Å². The Balaban J connectivity index is 2.23. The number of methoxy groups -OCH3 is 1. The van der Waals surface area contributed by atoms with Gasteiger partial charge >= 0.3 is 0 Å². The average molecular weight is 325 g/mol. The van der Waals surface area contributed by atoms with Crippen molar-refractivity contribution >= 4 is 15.9 Å². The lowest BCUT2D eigenvalue weighted by molar-refractivity contribution is 0.388. The molecule has 3 nitrogen and oxygen atoms in total. The van der Waals surface area contributed by atoms with E-state index in [0.717, 1.165) is 11.1 Å². The van der Waals surface area contributed by atoms with Crippen LogP contribution < -0.4 is 10.5 Å². The van der Waals surface area contributed by atoms with Crippen LogP contribution in [0.4, 0.5) is 4.39 Å². The zero-order valence-corrected chi connectivity index (χ0v) is 12.0. The van der Waals surface area contributed by atoms with Crippen molar-refractivity contribution in [3.63, 3.8) is 0 Å². The quantitative estimate of drug-likeness (QED) is 0.939. The molecule has 0 aliphatic heterocycles. The minimum Gasteiger partial charge on any atom is -0.481 e. The highest BCUT2D eigenvalue weighted by Gasteiger charge is 2.14. The molecule has 1 atom stereocenters. The van der Waals surface area contributed by atoms with E-state index in [1.165, 1.54) is 12.1 Å². The van der Waals surface area contributed by atoms with Crippen LogP contribution in [-0.4, -0.2) is 12.1 Å². The van der Waals surface area contributed by atoms with Crippen LogP contribution in [0.25, 0.3) is 0 Å². The number of hydrogen-bond donors (Lipinski definition) is 1. The molecule has 5 heteroatoms. The summed E-state index contributed by atoms with van der Waals surface area (Å²) in [6, 6.07) is 8.02. The third-order valence-electron chi connectivity index (χ3n) is 2.85. The van der Waals surface area contributed by atoms with E-state index in [2.05, 4.69) is 20.9 Å². The molecule has 0 aliphatic rings. The van der Waals surface area contributed by atoms with Gasteiger partial charge < -0.3 is 10.5 Å². The summed E-state index contributed by atoms with van der Waals surface area (Å²) >= 11 is 3.34. The summed E-state index contributed by atoms with van der Waals surface area (Å²) in [6.45, 7) is 0. The molecule has 0 amide bonds. The molecule has 1 unspecified atom stereocenters. The van der Waals surface area contributed by atoms with Crippen molar-refractivity contribution < 1.29 is 9.13 Å². The van der Waals surface area contributed by atoms with E-state index in [0.29, 0.717) is 16.8 Å². The molecule has 1 aromatic heterocycles. The summed E-state index contributed by atoms with van der Waals surface area (Å²) in [5, 5.41) is 0. The molecular weight excluding hydrogens is 311 g/mol. The van der Waals surface area contributed by atoms with Crippen LogP contribution in [0, 0.1) is 5.82 Å². The summed E-state index contributed by atoms with van der Waals surface area (Å²) in [4.78, 5) is 4.12. The second-order valence-corrected chi connectivity index (χ2v) is 5.00. The fourth-order valence-electron chi connectivity index (χ4n) is 1.89. The van der Waals surface area contributed by atoms with Gasteiger partial charge in [0.05, 0.1) is 7.11 Å². The van der Waals surface area contributed by atoms with E-state index < -0.39 is 0 Å². The van der Waals surface area contributed by atoms with Gasteiger partial charge in [-0.2, -0.15) is 0 Å². The number of benzene rings is 1. The molecule has 100 valence electrons. The SMILES string of the molecule is COc1ncccc1C(N)Cc1ccc(F)cc1Br. The first-order valence-electron chi connectivity index (χ1n) is 5.80. The third kappa shape index (κ3) is 3.30. The molecule has 0 fully saturated rings. The minimum atomic E-state index is -0.275. The molecule has 2 N–H and O–H groups in total. The van der Waals surface area contributed by atoms with Crippen molar-refractivity contribution in [1.29, 1.82) is 0 Å². The number of rotatable bonds is 4. The third-order valence-corrected chi connectivity index (χ3v) is 3.59. The Kier molecular flexibility index (Phi) is 4.50. The number of nitrogens with two attached hydrogens (primary N) is 1. The fraction of sp³-hybridized carbons (Fsp3) is 0.214. The number of ether oxygens (including phenoxy) is 1. The lowest BCUT2D eigenvalue weighted by Gasteiger charge is -2.15. The lowest BCUT2D eigenvalue weighted by atomic mass is 10.0. The molecule has 0 radical (unpaired) electrons. The smallest absolute Gasteiger partial charge is 0.217 e.